The van der Waals surface area contributed by atoms with Crippen LogP contribution in [0.1, 0.15) is 27.7 Å². The Bertz CT molecular complexity index is 960. The first kappa shape index (κ1) is 12.8. The van der Waals surface area contributed by atoms with Crippen LogP contribution >= 0.6 is 0 Å². The van der Waals surface area contributed by atoms with Crippen LogP contribution in [0.2, 0.25) is 0 Å². The van der Waals surface area contributed by atoms with E-state index in [1.807, 2.05) is 0 Å². The number of halogens is 1. The minimum Gasteiger partial charge on any atom is -0.450 e. The predicted octanol–water partition coefficient (Wildman–Crippen LogP) is 2.76. The van der Waals surface area contributed by atoms with Gasteiger partial charge in [0.1, 0.15) is 11.4 Å². The van der Waals surface area contributed by atoms with Crippen LogP contribution in [0.4, 0.5) is 4.39 Å². The molecule has 1 aliphatic rings. The Hall–Kier alpha value is -2.95. The molecule has 0 radical (unpaired) electrons. The first-order valence-corrected chi connectivity index (χ1v) is 6.77. The number of nitrogens with one attached hydrogen (secondary N) is 1. The van der Waals surface area contributed by atoms with Crippen LogP contribution in [0.5, 0.6) is 0 Å². The second-order valence-electron chi connectivity index (χ2n) is 5.13. The molecule has 108 valence electrons. The van der Waals surface area contributed by atoms with E-state index in [2.05, 4.69) is 5.32 Å². The molecule has 0 fully saturated rings. The van der Waals surface area contributed by atoms with E-state index in [1.54, 1.807) is 36.4 Å². The van der Waals surface area contributed by atoms with Crippen molar-refractivity contribution < 1.29 is 13.6 Å². The van der Waals surface area contributed by atoms with Gasteiger partial charge in [-0.15, -0.1) is 0 Å². The smallest absolute Gasteiger partial charge is 0.288 e. The Morgan fingerprint density at radius 2 is 1.73 bits per heavy atom. The van der Waals surface area contributed by atoms with E-state index < -0.39 is 11.9 Å². The van der Waals surface area contributed by atoms with Gasteiger partial charge in [0.05, 0.1) is 17.0 Å². The van der Waals surface area contributed by atoms with Crippen LogP contribution in [0, 0.1) is 5.82 Å². The molecule has 1 aromatic heterocycles. The van der Waals surface area contributed by atoms with E-state index in [0.29, 0.717) is 16.5 Å². The minimum atomic E-state index is -0.621. The van der Waals surface area contributed by atoms with Gasteiger partial charge < -0.3 is 9.73 Å². The topological polar surface area (TPSA) is 59.3 Å². The van der Waals surface area contributed by atoms with Gasteiger partial charge in [-0.1, -0.05) is 24.3 Å². The molecule has 1 amide bonds. The second kappa shape index (κ2) is 4.53. The minimum absolute atomic E-state index is 0.0259. The second-order valence-corrected chi connectivity index (χ2v) is 5.13. The summed E-state index contributed by atoms with van der Waals surface area (Å²) in [5, 5.41) is 3.14. The number of amides is 1. The summed E-state index contributed by atoms with van der Waals surface area (Å²) in [7, 11) is 0. The fourth-order valence-electron chi connectivity index (χ4n) is 2.76. The van der Waals surface area contributed by atoms with Gasteiger partial charge in [0, 0.05) is 0 Å². The molecule has 0 spiro atoms. The lowest BCUT2D eigenvalue weighted by Gasteiger charge is -2.11. The number of hydrogen-bond donors (Lipinski definition) is 1. The third-order valence-corrected chi connectivity index (χ3v) is 3.81. The van der Waals surface area contributed by atoms with Crippen LogP contribution in [0.3, 0.4) is 0 Å². The van der Waals surface area contributed by atoms with Gasteiger partial charge >= 0.3 is 0 Å². The summed E-state index contributed by atoms with van der Waals surface area (Å²) in [6, 6.07) is 11.8. The lowest BCUT2D eigenvalue weighted by Crippen LogP contribution is -2.21. The lowest BCUT2D eigenvalue weighted by atomic mass is 9.99. The molecule has 0 aliphatic carbocycles. The number of benzene rings is 2. The zero-order valence-electron chi connectivity index (χ0n) is 11.3. The Morgan fingerprint density at radius 1 is 1.00 bits per heavy atom. The molecule has 0 saturated heterocycles. The van der Waals surface area contributed by atoms with Crippen molar-refractivity contribution >= 4 is 16.9 Å². The Labute approximate surface area is 124 Å². The summed E-state index contributed by atoms with van der Waals surface area (Å²) in [6.07, 6.45) is 0. The van der Waals surface area contributed by atoms with Gasteiger partial charge in [0.2, 0.25) is 5.76 Å². The molecule has 0 unspecified atom stereocenters. The average molecular weight is 295 g/mol. The third-order valence-electron chi connectivity index (χ3n) is 3.81. The highest BCUT2D eigenvalue weighted by molar-refractivity contribution is 5.98. The van der Waals surface area contributed by atoms with Crippen molar-refractivity contribution in [3.8, 4) is 0 Å². The van der Waals surface area contributed by atoms with Crippen LogP contribution in [-0.4, -0.2) is 5.91 Å². The van der Waals surface area contributed by atoms with Gasteiger partial charge in [-0.25, -0.2) is 4.39 Å². The number of fused-ring (bicyclic) bond motifs is 2. The molecule has 0 bridgehead atoms. The summed E-state index contributed by atoms with van der Waals surface area (Å²) in [6.45, 7) is 0. The number of carbonyl (C=O) groups is 1. The van der Waals surface area contributed by atoms with E-state index >= 15 is 0 Å². The molecule has 1 atom stereocenters. The first-order valence-electron chi connectivity index (χ1n) is 6.77. The van der Waals surface area contributed by atoms with Crippen LogP contribution in [-0.2, 0) is 0 Å². The zero-order chi connectivity index (χ0) is 15.3. The molecule has 5 heteroatoms. The average Bonchev–Trinajstić information content (AvgIpc) is 2.86. The number of carbonyl (C=O) groups excluding carboxylic acids is 1. The molecule has 2 heterocycles. The van der Waals surface area contributed by atoms with Gasteiger partial charge in [-0.05, 0) is 29.8 Å². The van der Waals surface area contributed by atoms with Crippen LogP contribution in [0.15, 0.2) is 57.7 Å². The van der Waals surface area contributed by atoms with Gasteiger partial charge in [0.25, 0.3) is 5.91 Å². The van der Waals surface area contributed by atoms with Crippen molar-refractivity contribution in [3.63, 3.8) is 0 Å². The number of rotatable bonds is 1. The van der Waals surface area contributed by atoms with Crippen molar-refractivity contribution in [2.75, 3.05) is 0 Å². The lowest BCUT2D eigenvalue weighted by molar-refractivity contribution is 0.0938. The van der Waals surface area contributed by atoms with Gasteiger partial charge in [0.15, 0.2) is 5.43 Å². The first-order chi connectivity index (χ1) is 10.6. The molecule has 4 nitrogen and oxygen atoms in total. The molecule has 3 aromatic rings. The van der Waals surface area contributed by atoms with E-state index in [0.717, 1.165) is 0 Å². The van der Waals surface area contributed by atoms with E-state index in [9.17, 15) is 14.0 Å². The Kier molecular flexibility index (Phi) is 2.63. The maximum Gasteiger partial charge on any atom is 0.288 e. The van der Waals surface area contributed by atoms with E-state index in [1.165, 1.54) is 12.1 Å². The van der Waals surface area contributed by atoms with Crippen molar-refractivity contribution in [1.82, 2.24) is 5.32 Å². The van der Waals surface area contributed by atoms with Gasteiger partial charge in [-0.3, -0.25) is 9.59 Å². The van der Waals surface area contributed by atoms with Crippen LogP contribution < -0.4 is 10.7 Å². The summed E-state index contributed by atoms with van der Waals surface area (Å²) >= 11 is 0. The Morgan fingerprint density at radius 3 is 2.50 bits per heavy atom. The molecule has 22 heavy (non-hydrogen) atoms. The van der Waals surface area contributed by atoms with Crippen molar-refractivity contribution in [1.29, 1.82) is 0 Å². The fraction of sp³-hybridized carbons (Fsp3) is 0.0588. The maximum atomic E-state index is 13.1. The maximum absolute atomic E-state index is 13.1. The van der Waals surface area contributed by atoms with Gasteiger partial charge in [-0.2, -0.15) is 0 Å². The van der Waals surface area contributed by atoms with E-state index in [-0.39, 0.29) is 22.6 Å². The zero-order valence-corrected chi connectivity index (χ0v) is 11.3. The SMILES string of the molecule is O=C1N[C@@H](c2ccc(F)cc2)c2c1oc1ccccc1c2=O. The molecule has 4 rings (SSSR count). The Balaban J connectivity index is 1.99. The van der Waals surface area contributed by atoms with Crippen molar-refractivity contribution in [3.05, 3.63) is 81.5 Å². The monoisotopic (exact) mass is 295 g/mol. The highest BCUT2D eigenvalue weighted by atomic mass is 19.1. The molecule has 1 aliphatic heterocycles. The molecule has 0 saturated carbocycles. The highest BCUT2D eigenvalue weighted by Gasteiger charge is 2.35. The number of hydrogen-bond acceptors (Lipinski definition) is 3. The molecular weight excluding hydrogens is 285 g/mol. The largest absolute Gasteiger partial charge is 0.450 e. The molecular formula is C17H10FNO3. The fourth-order valence-corrected chi connectivity index (χ4v) is 2.76. The summed E-state index contributed by atoms with van der Waals surface area (Å²) in [5.41, 5.74) is 1.04. The number of para-hydroxylation sites is 1. The standard InChI is InChI=1S/C17H10FNO3/c18-10-7-5-9(6-8-10)14-13-15(20)11-3-1-2-4-12(11)22-16(13)17(21)19-14/h1-8,14H,(H,19,21)/t14-/m0/s1. The highest BCUT2D eigenvalue weighted by Crippen LogP contribution is 2.30. The predicted molar refractivity (Wildman–Crippen MR) is 78.2 cm³/mol. The van der Waals surface area contributed by atoms with E-state index in [4.69, 9.17) is 4.42 Å². The molecule has 1 N–H and O–H groups in total. The summed E-state index contributed by atoms with van der Waals surface area (Å²) < 4.78 is 18.7. The summed E-state index contributed by atoms with van der Waals surface area (Å²) in [5.74, 6) is -0.788. The van der Waals surface area contributed by atoms with Crippen molar-refractivity contribution in [2.45, 2.75) is 6.04 Å². The third kappa shape index (κ3) is 1.75. The van der Waals surface area contributed by atoms with Crippen molar-refractivity contribution in [2.24, 2.45) is 0 Å². The normalized spacial score (nSPS) is 16.6. The van der Waals surface area contributed by atoms with Crippen LogP contribution in [0.25, 0.3) is 11.0 Å². The quantitative estimate of drug-likeness (QED) is 0.751. The molecule has 2 aromatic carbocycles. The summed E-state index contributed by atoms with van der Waals surface area (Å²) in [4.78, 5) is 24.8.